The van der Waals surface area contributed by atoms with E-state index < -0.39 is 0 Å². The van der Waals surface area contributed by atoms with Gasteiger partial charge in [-0.1, -0.05) is 13.0 Å². The van der Waals surface area contributed by atoms with E-state index in [9.17, 15) is 0 Å². The number of hydrogen-bond donors (Lipinski definition) is 1. The Hall–Kier alpha value is -2.54. The van der Waals surface area contributed by atoms with E-state index in [-0.39, 0.29) is 0 Å². The van der Waals surface area contributed by atoms with E-state index in [0.29, 0.717) is 17.1 Å². The van der Waals surface area contributed by atoms with E-state index in [1.807, 2.05) is 12.1 Å². The normalized spacial score (nSPS) is 9.68. The van der Waals surface area contributed by atoms with E-state index in [1.54, 1.807) is 30.5 Å². The second kappa shape index (κ2) is 6.41. The summed E-state index contributed by atoms with van der Waals surface area (Å²) in [5.41, 5.74) is 0.580. The molecule has 2 aromatic rings. The van der Waals surface area contributed by atoms with Crippen molar-refractivity contribution < 1.29 is 4.74 Å². The summed E-state index contributed by atoms with van der Waals surface area (Å²) >= 11 is 0. The molecule has 1 aromatic carbocycles. The minimum atomic E-state index is 0.580. The average Bonchev–Trinajstić information content (AvgIpc) is 2.46. The molecular weight excluding hydrogens is 238 g/mol. The number of ether oxygens (including phenoxy) is 1. The van der Waals surface area contributed by atoms with Crippen molar-refractivity contribution in [1.82, 2.24) is 4.98 Å². The van der Waals surface area contributed by atoms with Crippen LogP contribution in [0.2, 0.25) is 0 Å². The minimum absolute atomic E-state index is 0.580. The van der Waals surface area contributed by atoms with Crippen molar-refractivity contribution in [1.29, 1.82) is 5.26 Å². The first kappa shape index (κ1) is 12.9. The van der Waals surface area contributed by atoms with Crippen LogP contribution in [-0.2, 0) is 0 Å². The third-order valence-corrected chi connectivity index (χ3v) is 2.49. The molecule has 0 aliphatic heterocycles. The number of nitrogens with zero attached hydrogens (tertiary/aromatic N) is 2. The van der Waals surface area contributed by atoms with Gasteiger partial charge in [0, 0.05) is 18.8 Å². The molecule has 4 heteroatoms. The fourth-order valence-corrected chi connectivity index (χ4v) is 1.59. The molecule has 1 heterocycles. The van der Waals surface area contributed by atoms with Gasteiger partial charge in [0.15, 0.2) is 0 Å². The summed E-state index contributed by atoms with van der Waals surface area (Å²) < 4.78 is 5.71. The van der Waals surface area contributed by atoms with Gasteiger partial charge in [0.1, 0.15) is 17.3 Å². The Kier molecular flexibility index (Phi) is 4.35. The van der Waals surface area contributed by atoms with E-state index in [4.69, 9.17) is 10.00 Å². The predicted molar refractivity (Wildman–Crippen MR) is 74.2 cm³/mol. The number of pyridine rings is 1. The number of benzene rings is 1. The highest BCUT2D eigenvalue weighted by Crippen LogP contribution is 2.23. The first-order valence-electron chi connectivity index (χ1n) is 6.20. The second-order valence-corrected chi connectivity index (χ2v) is 4.05. The molecular formula is C15H15N3O. The highest BCUT2D eigenvalue weighted by Gasteiger charge is 2.01. The molecule has 0 fully saturated rings. The van der Waals surface area contributed by atoms with Gasteiger partial charge < -0.3 is 10.1 Å². The maximum Gasteiger partial charge on any atom is 0.132 e. The lowest BCUT2D eigenvalue weighted by Crippen LogP contribution is -2.01. The minimum Gasteiger partial charge on any atom is -0.457 e. The maximum absolute atomic E-state index is 8.84. The molecule has 1 N–H and O–H groups in total. The zero-order valence-corrected chi connectivity index (χ0v) is 10.8. The predicted octanol–water partition coefficient (Wildman–Crippen LogP) is 3.57. The van der Waals surface area contributed by atoms with E-state index in [0.717, 1.165) is 18.8 Å². The van der Waals surface area contributed by atoms with Gasteiger partial charge in [0.05, 0.1) is 11.6 Å². The SMILES string of the molecule is CCCNc1cc(Oc2cccc(C#N)c2)ccn1. The van der Waals surface area contributed by atoms with Crippen LogP contribution in [0.5, 0.6) is 11.5 Å². The van der Waals surface area contributed by atoms with E-state index in [1.165, 1.54) is 0 Å². The van der Waals surface area contributed by atoms with Crippen LogP contribution in [0, 0.1) is 11.3 Å². The lowest BCUT2D eigenvalue weighted by Gasteiger charge is -2.08. The van der Waals surface area contributed by atoms with Crippen LogP contribution in [0.15, 0.2) is 42.6 Å². The summed E-state index contributed by atoms with van der Waals surface area (Å²) in [7, 11) is 0. The van der Waals surface area contributed by atoms with Gasteiger partial charge in [-0.05, 0) is 30.7 Å². The molecule has 0 saturated heterocycles. The fraction of sp³-hybridized carbons (Fsp3) is 0.200. The smallest absolute Gasteiger partial charge is 0.132 e. The van der Waals surface area contributed by atoms with Gasteiger partial charge in [-0.2, -0.15) is 5.26 Å². The van der Waals surface area contributed by atoms with Gasteiger partial charge in [-0.15, -0.1) is 0 Å². The fourth-order valence-electron chi connectivity index (χ4n) is 1.59. The van der Waals surface area contributed by atoms with Gasteiger partial charge in [-0.3, -0.25) is 0 Å². The average molecular weight is 253 g/mol. The molecule has 0 spiro atoms. The van der Waals surface area contributed by atoms with Crippen molar-refractivity contribution in [3.63, 3.8) is 0 Å². The van der Waals surface area contributed by atoms with E-state index >= 15 is 0 Å². The molecule has 4 nitrogen and oxygen atoms in total. The monoisotopic (exact) mass is 253 g/mol. The molecule has 0 unspecified atom stereocenters. The van der Waals surface area contributed by atoms with Crippen LogP contribution in [0.1, 0.15) is 18.9 Å². The maximum atomic E-state index is 8.84. The summed E-state index contributed by atoms with van der Waals surface area (Å²) in [6.07, 6.45) is 2.73. The number of nitrogens with one attached hydrogen (secondary N) is 1. The van der Waals surface area contributed by atoms with Crippen molar-refractivity contribution in [3.8, 4) is 17.6 Å². The summed E-state index contributed by atoms with van der Waals surface area (Å²) in [5, 5.41) is 12.0. The van der Waals surface area contributed by atoms with Gasteiger partial charge in [0.2, 0.25) is 0 Å². The Morgan fingerprint density at radius 1 is 1.26 bits per heavy atom. The van der Waals surface area contributed by atoms with Gasteiger partial charge in [0.25, 0.3) is 0 Å². The molecule has 0 aliphatic rings. The zero-order valence-electron chi connectivity index (χ0n) is 10.8. The van der Waals surface area contributed by atoms with Crippen molar-refractivity contribution in [3.05, 3.63) is 48.2 Å². The summed E-state index contributed by atoms with van der Waals surface area (Å²) in [6, 6.07) is 12.8. The van der Waals surface area contributed by atoms with Gasteiger partial charge in [-0.25, -0.2) is 4.98 Å². The second-order valence-electron chi connectivity index (χ2n) is 4.05. The molecule has 0 aliphatic carbocycles. The number of nitriles is 1. The Labute approximate surface area is 112 Å². The molecule has 0 radical (unpaired) electrons. The van der Waals surface area contributed by atoms with Crippen LogP contribution in [0.4, 0.5) is 5.82 Å². The first-order valence-corrected chi connectivity index (χ1v) is 6.20. The quantitative estimate of drug-likeness (QED) is 0.885. The third-order valence-electron chi connectivity index (χ3n) is 2.49. The molecule has 0 amide bonds. The Morgan fingerprint density at radius 2 is 2.11 bits per heavy atom. The third kappa shape index (κ3) is 3.71. The van der Waals surface area contributed by atoms with Crippen molar-refractivity contribution >= 4 is 5.82 Å². The summed E-state index contributed by atoms with van der Waals surface area (Å²) in [6.45, 7) is 2.97. The Bertz CT molecular complexity index is 590. The largest absolute Gasteiger partial charge is 0.457 e. The highest BCUT2D eigenvalue weighted by atomic mass is 16.5. The Balaban J connectivity index is 2.12. The summed E-state index contributed by atoms with van der Waals surface area (Å²) in [4.78, 5) is 4.21. The van der Waals surface area contributed by atoms with Crippen molar-refractivity contribution in [2.45, 2.75) is 13.3 Å². The van der Waals surface area contributed by atoms with Crippen molar-refractivity contribution in [2.24, 2.45) is 0 Å². The molecule has 0 saturated carbocycles. The Morgan fingerprint density at radius 3 is 2.89 bits per heavy atom. The molecule has 2 rings (SSSR count). The van der Waals surface area contributed by atoms with Crippen LogP contribution < -0.4 is 10.1 Å². The number of anilines is 1. The highest BCUT2D eigenvalue weighted by molar-refractivity contribution is 5.43. The molecule has 1 aromatic heterocycles. The number of aromatic nitrogens is 1. The van der Waals surface area contributed by atoms with Crippen LogP contribution in [0.3, 0.4) is 0 Å². The van der Waals surface area contributed by atoms with E-state index in [2.05, 4.69) is 23.3 Å². The lowest BCUT2D eigenvalue weighted by atomic mass is 10.2. The molecule has 0 atom stereocenters. The van der Waals surface area contributed by atoms with Crippen LogP contribution in [-0.4, -0.2) is 11.5 Å². The first-order chi connectivity index (χ1) is 9.31. The number of hydrogen-bond acceptors (Lipinski definition) is 4. The molecule has 19 heavy (non-hydrogen) atoms. The molecule has 0 bridgehead atoms. The standard InChI is InChI=1S/C15H15N3O/c1-2-7-17-15-10-14(6-8-18-15)19-13-5-3-4-12(9-13)11-16/h3-6,8-10H,2,7H2,1H3,(H,17,18). The topological polar surface area (TPSA) is 57.9 Å². The lowest BCUT2D eigenvalue weighted by molar-refractivity contribution is 0.482. The number of rotatable bonds is 5. The zero-order chi connectivity index (χ0) is 13.5. The van der Waals surface area contributed by atoms with Crippen molar-refractivity contribution in [2.75, 3.05) is 11.9 Å². The van der Waals surface area contributed by atoms with Crippen LogP contribution >= 0.6 is 0 Å². The molecule has 96 valence electrons. The van der Waals surface area contributed by atoms with Crippen LogP contribution in [0.25, 0.3) is 0 Å². The van der Waals surface area contributed by atoms with Gasteiger partial charge >= 0.3 is 0 Å². The summed E-state index contributed by atoms with van der Waals surface area (Å²) in [5.74, 6) is 2.13.